The van der Waals surface area contributed by atoms with Crippen molar-refractivity contribution in [3.8, 4) is 0 Å². The normalized spacial score (nSPS) is 24.3. The van der Waals surface area contributed by atoms with Crippen molar-refractivity contribution >= 4 is 40.7 Å². The average Bonchev–Trinajstić information content (AvgIpc) is 3.13. The molecule has 5 nitrogen and oxygen atoms in total. The van der Waals surface area contributed by atoms with Crippen LogP contribution in [-0.4, -0.2) is 42.5 Å². The van der Waals surface area contributed by atoms with Gasteiger partial charge >= 0.3 is 0 Å². The van der Waals surface area contributed by atoms with Crippen LogP contribution < -0.4 is 5.32 Å². The van der Waals surface area contributed by atoms with Crippen LogP contribution in [0.5, 0.6) is 0 Å². The third kappa shape index (κ3) is 3.97. The highest BCUT2D eigenvalue weighted by molar-refractivity contribution is 6.36. The zero-order chi connectivity index (χ0) is 16.4. The minimum Gasteiger partial charge on any atom is -0.376 e. The predicted octanol–water partition coefficient (Wildman–Crippen LogP) is 2.96. The van der Waals surface area contributed by atoms with Crippen molar-refractivity contribution in [2.45, 2.75) is 25.4 Å². The molecule has 2 unspecified atom stereocenters. The van der Waals surface area contributed by atoms with E-state index in [1.54, 1.807) is 23.1 Å². The molecule has 2 saturated heterocycles. The first-order chi connectivity index (χ1) is 11.0. The van der Waals surface area contributed by atoms with Gasteiger partial charge in [-0.15, -0.1) is 0 Å². The summed E-state index contributed by atoms with van der Waals surface area (Å²) in [5.41, 5.74) is 0.506. The van der Waals surface area contributed by atoms with Gasteiger partial charge in [0, 0.05) is 31.1 Å². The van der Waals surface area contributed by atoms with Gasteiger partial charge in [0.1, 0.15) is 0 Å². The van der Waals surface area contributed by atoms with Crippen LogP contribution in [0.15, 0.2) is 18.2 Å². The lowest BCUT2D eigenvalue weighted by Crippen LogP contribution is -2.34. The number of hydrogen-bond acceptors (Lipinski definition) is 3. The van der Waals surface area contributed by atoms with Crippen molar-refractivity contribution in [1.82, 2.24) is 4.90 Å². The summed E-state index contributed by atoms with van der Waals surface area (Å²) in [7, 11) is 0. The van der Waals surface area contributed by atoms with Gasteiger partial charge in [0.2, 0.25) is 11.8 Å². The SMILES string of the molecule is O=C(Nc1ccc(Cl)cc1Cl)C1CC(=O)N(CC2CCCO2)C1. The van der Waals surface area contributed by atoms with Crippen LogP contribution in [0.25, 0.3) is 0 Å². The van der Waals surface area contributed by atoms with E-state index < -0.39 is 0 Å². The number of halogens is 2. The number of nitrogens with zero attached hydrogens (tertiary/aromatic N) is 1. The molecule has 1 N–H and O–H groups in total. The number of benzene rings is 1. The first-order valence-electron chi connectivity index (χ1n) is 7.68. The Balaban J connectivity index is 1.58. The fourth-order valence-corrected chi connectivity index (χ4v) is 3.44. The summed E-state index contributed by atoms with van der Waals surface area (Å²) < 4.78 is 5.56. The number of anilines is 1. The number of carbonyl (C=O) groups excluding carboxylic acids is 2. The van der Waals surface area contributed by atoms with Crippen LogP contribution in [0.2, 0.25) is 10.0 Å². The van der Waals surface area contributed by atoms with Crippen LogP contribution >= 0.6 is 23.2 Å². The number of hydrogen-bond donors (Lipinski definition) is 1. The molecule has 3 rings (SSSR count). The summed E-state index contributed by atoms with van der Waals surface area (Å²) in [6.45, 7) is 1.76. The van der Waals surface area contributed by atoms with E-state index in [1.807, 2.05) is 0 Å². The van der Waals surface area contributed by atoms with Crippen LogP contribution in [-0.2, 0) is 14.3 Å². The molecule has 2 heterocycles. The van der Waals surface area contributed by atoms with Gasteiger partial charge < -0.3 is 15.0 Å². The second-order valence-corrected chi connectivity index (χ2v) is 6.79. The molecule has 0 bridgehead atoms. The zero-order valence-corrected chi connectivity index (χ0v) is 14.1. The molecule has 2 aliphatic rings. The van der Waals surface area contributed by atoms with E-state index >= 15 is 0 Å². The Bertz CT molecular complexity index is 617. The fourth-order valence-electron chi connectivity index (χ4n) is 2.98. The number of rotatable bonds is 4. The highest BCUT2D eigenvalue weighted by Gasteiger charge is 2.36. The topological polar surface area (TPSA) is 58.6 Å². The molecule has 124 valence electrons. The first-order valence-corrected chi connectivity index (χ1v) is 8.44. The Morgan fingerprint density at radius 1 is 1.39 bits per heavy atom. The molecular weight excluding hydrogens is 339 g/mol. The molecule has 0 radical (unpaired) electrons. The van der Waals surface area contributed by atoms with E-state index in [0.717, 1.165) is 19.4 Å². The largest absolute Gasteiger partial charge is 0.376 e. The van der Waals surface area contributed by atoms with Crippen LogP contribution in [0, 0.1) is 5.92 Å². The van der Waals surface area contributed by atoms with Gasteiger partial charge in [0.25, 0.3) is 0 Å². The molecule has 2 aliphatic heterocycles. The van der Waals surface area contributed by atoms with Crippen molar-refractivity contribution < 1.29 is 14.3 Å². The number of likely N-dealkylation sites (tertiary alicyclic amines) is 1. The summed E-state index contributed by atoms with van der Waals surface area (Å²) in [6.07, 6.45) is 2.34. The van der Waals surface area contributed by atoms with Crippen molar-refractivity contribution in [2.75, 3.05) is 25.0 Å². The maximum atomic E-state index is 12.4. The molecule has 0 spiro atoms. The molecule has 7 heteroatoms. The highest BCUT2D eigenvalue weighted by Crippen LogP contribution is 2.27. The molecule has 1 aromatic rings. The van der Waals surface area contributed by atoms with E-state index in [0.29, 0.717) is 28.8 Å². The summed E-state index contributed by atoms with van der Waals surface area (Å²) in [5, 5.41) is 3.66. The van der Waals surface area contributed by atoms with Gasteiger partial charge in [-0.1, -0.05) is 23.2 Å². The van der Waals surface area contributed by atoms with Gasteiger partial charge in [-0.2, -0.15) is 0 Å². The van der Waals surface area contributed by atoms with E-state index in [1.165, 1.54) is 0 Å². The molecule has 1 aromatic carbocycles. The standard InChI is InChI=1S/C16H18Cl2N2O3/c17-11-3-4-14(13(18)7-11)19-16(22)10-6-15(21)20(8-10)9-12-2-1-5-23-12/h3-4,7,10,12H,1-2,5-6,8-9H2,(H,19,22). The van der Waals surface area contributed by atoms with Crippen LogP contribution in [0.4, 0.5) is 5.69 Å². The average molecular weight is 357 g/mol. The van der Waals surface area contributed by atoms with Gasteiger partial charge in [-0.25, -0.2) is 0 Å². The second-order valence-electron chi connectivity index (χ2n) is 5.95. The second kappa shape index (κ2) is 7.07. The maximum Gasteiger partial charge on any atom is 0.229 e. The van der Waals surface area contributed by atoms with Crippen molar-refractivity contribution in [3.63, 3.8) is 0 Å². The van der Waals surface area contributed by atoms with Crippen LogP contribution in [0.3, 0.4) is 0 Å². The molecule has 2 fully saturated rings. The monoisotopic (exact) mass is 356 g/mol. The van der Waals surface area contributed by atoms with Gasteiger partial charge in [-0.3, -0.25) is 9.59 Å². The lowest BCUT2D eigenvalue weighted by atomic mass is 10.1. The fraction of sp³-hybridized carbons (Fsp3) is 0.500. The molecule has 2 atom stereocenters. The minimum atomic E-state index is -0.365. The summed E-state index contributed by atoms with van der Waals surface area (Å²) in [4.78, 5) is 26.2. The Labute approximate surface area is 144 Å². The third-order valence-electron chi connectivity index (χ3n) is 4.22. The molecule has 0 aromatic heterocycles. The summed E-state index contributed by atoms with van der Waals surface area (Å²) in [5.74, 6) is -0.559. The summed E-state index contributed by atoms with van der Waals surface area (Å²) in [6, 6.07) is 4.89. The van der Waals surface area contributed by atoms with E-state index in [-0.39, 0.29) is 30.3 Å². The maximum absolute atomic E-state index is 12.4. The Morgan fingerprint density at radius 3 is 2.91 bits per heavy atom. The van der Waals surface area contributed by atoms with Crippen molar-refractivity contribution in [2.24, 2.45) is 5.92 Å². The Morgan fingerprint density at radius 2 is 2.22 bits per heavy atom. The Hall–Kier alpha value is -1.30. The van der Waals surface area contributed by atoms with Gasteiger partial charge in [0.15, 0.2) is 0 Å². The molecule has 0 saturated carbocycles. The quantitative estimate of drug-likeness (QED) is 0.901. The van der Waals surface area contributed by atoms with Crippen LogP contribution in [0.1, 0.15) is 19.3 Å². The number of nitrogens with one attached hydrogen (secondary N) is 1. The molecule has 0 aliphatic carbocycles. The summed E-state index contributed by atoms with van der Waals surface area (Å²) >= 11 is 11.9. The van der Waals surface area contributed by atoms with Crippen molar-refractivity contribution in [3.05, 3.63) is 28.2 Å². The van der Waals surface area contributed by atoms with Crippen molar-refractivity contribution in [1.29, 1.82) is 0 Å². The highest BCUT2D eigenvalue weighted by atomic mass is 35.5. The molecule has 23 heavy (non-hydrogen) atoms. The Kier molecular flexibility index (Phi) is 5.09. The zero-order valence-electron chi connectivity index (χ0n) is 12.6. The van der Waals surface area contributed by atoms with Gasteiger partial charge in [0.05, 0.1) is 22.7 Å². The number of amides is 2. The molecule has 2 amide bonds. The smallest absolute Gasteiger partial charge is 0.229 e. The third-order valence-corrected chi connectivity index (χ3v) is 4.77. The number of ether oxygens (including phenoxy) is 1. The predicted molar refractivity (Wildman–Crippen MR) is 88.8 cm³/mol. The van der Waals surface area contributed by atoms with E-state index in [2.05, 4.69) is 5.32 Å². The molecular formula is C16H18Cl2N2O3. The number of carbonyl (C=O) groups is 2. The van der Waals surface area contributed by atoms with E-state index in [4.69, 9.17) is 27.9 Å². The van der Waals surface area contributed by atoms with E-state index in [9.17, 15) is 9.59 Å². The van der Waals surface area contributed by atoms with Gasteiger partial charge in [-0.05, 0) is 31.0 Å². The lowest BCUT2D eigenvalue weighted by molar-refractivity contribution is -0.129. The lowest BCUT2D eigenvalue weighted by Gasteiger charge is -2.20. The first kappa shape index (κ1) is 16.6. The minimum absolute atomic E-state index is 0.00264.